The van der Waals surface area contributed by atoms with Crippen molar-refractivity contribution in [2.45, 2.75) is 64.1 Å². The molecule has 0 aromatic heterocycles. The highest BCUT2D eigenvalue weighted by Gasteiger charge is 2.32. The average molecular weight is 433 g/mol. The van der Waals surface area contributed by atoms with Crippen LogP contribution in [0.15, 0.2) is 18.2 Å². The number of ether oxygens (including phenoxy) is 1. The Bertz CT molecular complexity index is 766. The van der Waals surface area contributed by atoms with Gasteiger partial charge in [0.2, 0.25) is 0 Å². The Kier molecular flexibility index (Phi) is 8.15. The van der Waals surface area contributed by atoms with Crippen molar-refractivity contribution in [2.75, 3.05) is 32.1 Å². The number of likely N-dealkylation sites (N-methyl/N-ethyl adjacent to an activating group) is 1. The largest absolute Gasteiger partial charge is 0.488 e. The van der Waals surface area contributed by atoms with Crippen molar-refractivity contribution in [1.82, 2.24) is 15.5 Å². The molecule has 2 aliphatic rings. The predicted octanol–water partition coefficient (Wildman–Crippen LogP) is 2.58. The number of hydrogen-bond acceptors (Lipinski definition) is 5. The van der Waals surface area contributed by atoms with Gasteiger partial charge in [-0.3, -0.25) is 4.79 Å². The van der Waals surface area contributed by atoms with Gasteiger partial charge >= 0.3 is 6.03 Å². The average Bonchev–Trinajstić information content (AvgIpc) is 2.76. The molecule has 1 aromatic rings. The van der Waals surface area contributed by atoms with Gasteiger partial charge in [-0.2, -0.15) is 0 Å². The molecule has 0 unspecified atom stereocenters. The number of aliphatic hydroxyl groups excluding tert-OH is 1. The maximum absolute atomic E-state index is 13.3. The van der Waals surface area contributed by atoms with E-state index in [4.69, 9.17) is 4.74 Å². The van der Waals surface area contributed by atoms with Crippen LogP contribution in [0.25, 0.3) is 0 Å². The van der Waals surface area contributed by atoms with Gasteiger partial charge in [0.1, 0.15) is 11.9 Å². The van der Waals surface area contributed by atoms with E-state index in [0.717, 1.165) is 25.7 Å². The summed E-state index contributed by atoms with van der Waals surface area (Å²) < 4.78 is 6.20. The molecule has 172 valence electrons. The Morgan fingerprint density at radius 1 is 1.29 bits per heavy atom. The summed E-state index contributed by atoms with van der Waals surface area (Å²) in [5, 5.41) is 18.7. The molecular formula is C23H36N4O4. The fourth-order valence-electron chi connectivity index (χ4n) is 4.34. The second-order valence-corrected chi connectivity index (χ2v) is 8.82. The zero-order valence-corrected chi connectivity index (χ0v) is 18.8. The van der Waals surface area contributed by atoms with Gasteiger partial charge < -0.3 is 30.7 Å². The quantitative estimate of drug-likeness (QED) is 0.553. The number of amides is 3. The number of rotatable bonds is 6. The third kappa shape index (κ3) is 5.89. The molecule has 1 aromatic carbocycles. The number of urea groups is 1. The van der Waals surface area contributed by atoms with Crippen LogP contribution >= 0.6 is 0 Å². The van der Waals surface area contributed by atoms with Crippen LogP contribution in [-0.2, 0) is 0 Å². The van der Waals surface area contributed by atoms with Gasteiger partial charge in [0.05, 0.1) is 18.2 Å². The van der Waals surface area contributed by atoms with Crippen LogP contribution in [-0.4, -0.2) is 66.9 Å². The van der Waals surface area contributed by atoms with Crippen LogP contribution in [0.5, 0.6) is 5.75 Å². The molecule has 1 heterocycles. The van der Waals surface area contributed by atoms with Crippen LogP contribution < -0.4 is 20.7 Å². The number of nitrogens with zero attached hydrogens (tertiary/aromatic N) is 1. The molecule has 3 atom stereocenters. The van der Waals surface area contributed by atoms with Crippen LogP contribution in [0.1, 0.15) is 56.3 Å². The van der Waals surface area contributed by atoms with Gasteiger partial charge in [-0.25, -0.2) is 4.79 Å². The summed E-state index contributed by atoms with van der Waals surface area (Å²) in [5.41, 5.74) is 0.933. The molecule has 0 bridgehead atoms. The first-order valence-corrected chi connectivity index (χ1v) is 11.4. The second-order valence-electron chi connectivity index (χ2n) is 8.82. The van der Waals surface area contributed by atoms with E-state index in [2.05, 4.69) is 16.0 Å². The van der Waals surface area contributed by atoms with E-state index in [-0.39, 0.29) is 42.7 Å². The summed E-state index contributed by atoms with van der Waals surface area (Å²) >= 11 is 0. The van der Waals surface area contributed by atoms with Gasteiger partial charge in [0, 0.05) is 30.7 Å². The molecule has 0 saturated heterocycles. The lowest BCUT2D eigenvalue weighted by Crippen LogP contribution is -2.49. The number of fused-ring (bicyclic) bond motifs is 1. The topological polar surface area (TPSA) is 103 Å². The highest BCUT2D eigenvalue weighted by molar-refractivity contribution is 5.99. The van der Waals surface area contributed by atoms with E-state index in [1.807, 2.05) is 20.9 Å². The normalized spacial score (nSPS) is 23.2. The van der Waals surface area contributed by atoms with E-state index in [9.17, 15) is 14.7 Å². The van der Waals surface area contributed by atoms with E-state index in [1.54, 1.807) is 23.1 Å². The summed E-state index contributed by atoms with van der Waals surface area (Å²) in [5.74, 6) is 0.366. The molecule has 0 radical (unpaired) electrons. The van der Waals surface area contributed by atoms with Gasteiger partial charge in [-0.05, 0) is 45.0 Å². The van der Waals surface area contributed by atoms with Crippen LogP contribution in [0.2, 0.25) is 0 Å². The lowest BCUT2D eigenvalue weighted by Gasteiger charge is -2.37. The Labute approximate surface area is 184 Å². The number of benzene rings is 1. The van der Waals surface area contributed by atoms with Crippen LogP contribution in [0, 0.1) is 5.92 Å². The fraction of sp³-hybridized carbons (Fsp3) is 0.652. The Morgan fingerprint density at radius 3 is 2.71 bits per heavy atom. The Balaban J connectivity index is 1.82. The summed E-state index contributed by atoms with van der Waals surface area (Å²) in [4.78, 5) is 27.5. The van der Waals surface area contributed by atoms with Crippen molar-refractivity contribution < 1.29 is 19.4 Å². The van der Waals surface area contributed by atoms with E-state index < -0.39 is 0 Å². The molecular weight excluding hydrogens is 396 g/mol. The molecule has 8 heteroatoms. The van der Waals surface area contributed by atoms with E-state index in [0.29, 0.717) is 30.1 Å². The monoisotopic (exact) mass is 432 g/mol. The van der Waals surface area contributed by atoms with Crippen molar-refractivity contribution in [3.8, 4) is 5.75 Å². The zero-order chi connectivity index (χ0) is 22.4. The van der Waals surface area contributed by atoms with E-state index in [1.165, 1.54) is 6.42 Å². The maximum atomic E-state index is 13.3. The maximum Gasteiger partial charge on any atom is 0.319 e. The molecule has 31 heavy (non-hydrogen) atoms. The third-order valence-electron chi connectivity index (χ3n) is 6.27. The van der Waals surface area contributed by atoms with Crippen molar-refractivity contribution in [3.63, 3.8) is 0 Å². The first-order chi connectivity index (χ1) is 14.9. The van der Waals surface area contributed by atoms with Crippen LogP contribution in [0.3, 0.4) is 0 Å². The second kappa shape index (κ2) is 10.8. The number of carbonyl (C=O) groups excluding carboxylic acids is 2. The highest BCUT2D eigenvalue weighted by Crippen LogP contribution is 2.30. The van der Waals surface area contributed by atoms with Crippen molar-refractivity contribution in [2.24, 2.45) is 5.92 Å². The number of nitrogens with one attached hydrogen (secondary N) is 3. The van der Waals surface area contributed by atoms with Crippen molar-refractivity contribution in [3.05, 3.63) is 23.8 Å². The summed E-state index contributed by atoms with van der Waals surface area (Å²) in [6, 6.07) is 4.80. The van der Waals surface area contributed by atoms with Gasteiger partial charge in [0.15, 0.2) is 0 Å². The van der Waals surface area contributed by atoms with Crippen molar-refractivity contribution in [1.29, 1.82) is 0 Å². The lowest BCUT2D eigenvalue weighted by atomic mass is 9.96. The minimum atomic E-state index is -0.317. The molecule has 3 rings (SSSR count). The first kappa shape index (κ1) is 23.3. The predicted molar refractivity (Wildman–Crippen MR) is 121 cm³/mol. The molecule has 1 aliphatic heterocycles. The number of carbonyl (C=O) groups is 2. The van der Waals surface area contributed by atoms with Gasteiger partial charge in [-0.15, -0.1) is 0 Å². The summed E-state index contributed by atoms with van der Waals surface area (Å²) in [6.07, 6.45) is 5.38. The standard InChI is InChI=1S/C23H36N4O4/c1-15-13-27(16(2)14-28)22(29)19-11-18(9-10-20(19)31-21(15)12-24-3)26-23(30)25-17-7-5-4-6-8-17/h9-11,15-17,21,24,28H,4-8,12-14H2,1-3H3,(H2,25,26,30)/t15-,16-,21+/m1/s1. The van der Waals surface area contributed by atoms with Gasteiger partial charge in [0.25, 0.3) is 5.91 Å². The minimum Gasteiger partial charge on any atom is -0.488 e. The third-order valence-corrected chi connectivity index (χ3v) is 6.27. The van der Waals surface area contributed by atoms with Crippen molar-refractivity contribution >= 4 is 17.6 Å². The SMILES string of the molecule is CNC[C@@H]1Oc2ccc(NC(=O)NC3CCCCC3)cc2C(=O)N([C@H](C)CO)C[C@H]1C. The summed E-state index contributed by atoms with van der Waals surface area (Å²) in [7, 11) is 1.87. The summed E-state index contributed by atoms with van der Waals surface area (Å²) in [6.45, 7) is 4.88. The Morgan fingerprint density at radius 2 is 2.03 bits per heavy atom. The minimum absolute atomic E-state index is 0.0811. The molecule has 3 amide bonds. The number of anilines is 1. The zero-order valence-electron chi connectivity index (χ0n) is 18.8. The number of aliphatic hydroxyl groups is 1. The molecule has 1 fully saturated rings. The lowest BCUT2D eigenvalue weighted by molar-refractivity contribution is 0.0416. The first-order valence-electron chi connectivity index (χ1n) is 11.4. The van der Waals surface area contributed by atoms with Crippen LogP contribution in [0.4, 0.5) is 10.5 Å². The Hall–Kier alpha value is -2.32. The molecule has 0 spiro atoms. The molecule has 8 nitrogen and oxygen atoms in total. The molecule has 1 saturated carbocycles. The molecule has 1 aliphatic carbocycles. The fourth-order valence-corrected chi connectivity index (χ4v) is 4.34. The van der Waals surface area contributed by atoms with Gasteiger partial charge in [-0.1, -0.05) is 26.2 Å². The smallest absolute Gasteiger partial charge is 0.319 e. The highest BCUT2D eigenvalue weighted by atomic mass is 16.5. The molecule has 4 N–H and O–H groups in total. The van der Waals surface area contributed by atoms with E-state index >= 15 is 0 Å². The number of hydrogen-bond donors (Lipinski definition) is 4.